The number of aromatic nitrogens is 1. The lowest BCUT2D eigenvalue weighted by atomic mass is 10.0. The molecule has 4 rings (SSSR count). The Morgan fingerprint density at radius 2 is 2.11 bits per heavy atom. The van der Waals surface area contributed by atoms with Crippen molar-refractivity contribution in [2.24, 2.45) is 11.1 Å². The number of hydrogen-bond acceptors (Lipinski definition) is 12. The van der Waals surface area contributed by atoms with Gasteiger partial charge >= 0.3 is 11.9 Å². The quantitative estimate of drug-likeness (QED) is 0.112. The maximum Gasteiger partial charge on any atom is 0.358 e. The van der Waals surface area contributed by atoms with Gasteiger partial charge in [-0.05, 0) is 24.3 Å². The van der Waals surface area contributed by atoms with E-state index in [2.05, 4.69) is 15.5 Å². The second kappa shape index (κ2) is 10.1. The minimum absolute atomic E-state index is 0.0449. The van der Waals surface area contributed by atoms with Crippen LogP contribution in [0.25, 0.3) is 0 Å². The van der Waals surface area contributed by atoms with E-state index in [0.717, 1.165) is 24.2 Å². The van der Waals surface area contributed by atoms with E-state index in [-0.39, 0.29) is 22.2 Å². The average molecular weight is 522 g/mol. The van der Waals surface area contributed by atoms with E-state index in [1.165, 1.54) is 35.9 Å². The molecule has 0 radical (unpaired) electrons. The number of nitrogens with one attached hydrogen (secondary N) is 1. The van der Waals surface area contributed by atoms with Crippen LogP contribution in [-0.4, -0.2) is 68.0 Å². The molecule has 1 aromatic rings. The van der Waals surface area contributed by atoms with E-state index in [0.29, 0.717) is 17.2 Å². The van der Waals surface area contributed by atoms with Gasteiger partial charge in [-0.3, -0.25) is 19.3 Å². The largest absolute Gasteiger partial charge is 0.426 e. The number of amides is 2. The van der Waals surface area contributed by atoms with Crippen LogP contribution in [0.2, 0.25) is 0 Å². The molecule has 2 aliphatic heterocycles. The number of allylic oxidation sites excluding steroid dienone is 2. The summed E-state index contributed by atoms with van der Waals surface area (Å²) in [7, 11) is 0. The predicted octanol–water partition coefficient (Wildman–Crippen LogP) is 0.976. The monoisotopic (exact) mass is 521 g/mol. The van der Waals surface area contributed by atoms with Gasteiger partial charge in [-0.2, -0.15) is 0 Å². The second-order valence-corrected chi connectivity index (χ2v) is 10.0. The number of hydrogen-bond donors (Lipinski definition) is 3. The average Bonchev–Trinajstić information content (AvgIpc) is 3.54. The molecule has 0 bridgehead atoms. The summed E-state index contributed by atoms with van der Waals surface area (Å²) in [6.07, 6.45) is 4.80. The molecule has 12 nitrogen and oxygen atoms in total. The van der Waals surface area contributed by atoms with E-state index in [4.69, 9.17) is 15.2 Å². The fourth-order valence-electron chi connectivity index (χ4n) is 3.58. The summed E-state index contributed by atoms with van der Waals surface area (Å²) in [6.45, 7) is 2.59. The number of carbonyl (C=O) groups is 4. The Balaban J connectivity index is 1.52. The van der Waals surface area contributed by atoms with Crippen molar-refractivity contribution in [1.82, 2.24) is 15.2 Å². The van der Waals surface area contributed by atoms with Gasteiger partial charge in [-0.1, -0.05) is 17.3 Å². The molecule has 3 aliphatic rings. The molecule has 3 heterocycles. The summed E-state index contributed by atoms with van der Waals surface area (Å²) in [5.74, 6) is -1.94. The van der Waals surface area contributed by atoms with Gasteiger partial charge in [0.2, 0.25) is 6.29 Å². The summed E-state index contributed by atoms with van der Waals surface area (Å²) < 4.78 is 10.1. The number of anilines is 1. The Hall–Kier alpha value is -3.39. The number of nitrogens with zero attached hydrogens (tertiary/aromatic N) is 3. The van der Waals surface area contributed by atoms with Gasteiger partial charge < -0.3 is 25.7 Å². The molecule has 35 heavy (non-hydrogen) atoms. The van der Waals surface area contributed by atoms with Gasteiger partial charge in [0, 0.05) is 25.0 Å². The van der Waals surface area contributed by atoms with Gasteiger partial charge in [-0.25, -0.2) is 9.78 Å². The molecular formula is C21H23N5O7S2. The number of oxime groups is 1. The number of fused-ring (bicyclic) bond motifs is 1. The summed E-state index contributed by atoms with van der Waals surface area (Å²) in [5, 5.41) is 15.9. The maximum absolute atomic E-state index is 13.1. The Kier molecular flexibility index (Phi) is 7.12. The lowest BCUT2D eigenvalue weighted by molar-refractivity contribution is -0.182. The molecule has 4 N–H and O–H groups in total. The van der Waals surface area contributed by atoms with Crippen LogP contribution >= 0.6 is 23.1 Å². The highest BCUT2D eigenvalue weighted by Crippen LogP contribution is 2.42. The van der Waals surface area contributed by atoms with Crippen molar-refractivity contribution in [3.8, 4) is 0 Å². The third-order valence-electron chi connectivity index (χ3n) is 5.35. The second-order valence-electron chi connectivity index (χ2n) is 8.03. The highest BCUT2D eigenvalue weighted by Gasteiger charge is 2.54. The number of carbonyl (C=O) groups excluding carboxylic acids is 4. The molecule has 14 heteroatoms. The van der Waals surface area contributed by atoms with Crippen molar-refractivity contribution in [3.63, 3.8) is 0 Å². The Morgan fingerprint density at radius 3 is 2.71 bits per heavy atom. The molecule has 186 valence electrons. The van der Waals surface area contributed by atoms with Crippen LogP contribution in [-0.2, 0) is 28.7 Å². The predicted molar refractivity (Wildman–Crippen MR) is 126 cm³/mol. The molecule has 1 saturated heterocycles. The number of nitrogen functional groups attached to an aromatic ring is 1. The molecule has 1 aromatic heterocycles. The first-order chi connectivity index (χ1) is 16.7. The third kappa shape index (κ3) is 5.32. The van der Waals surface area contributed by atoms with Gasteiger partial charge in [0.15, 0.2) is 10.8 Å². The fraction of sp³-hybridized carbons (Fsp3) is 0.429. The zero-order valence-electron chi connectivity index (χ0n) is 18.8. The minimum Gasteiger partial charge on any atom is -0.426 e. The Labute approximate surface area is 208 Å². The van der Waals surface area contributed by atoms with Gasteiger partial charge in [-0.15, -0.1) is 23.1 Å². The maximum atomic E-state index is 13.1. The molecule has 2 amide bonds. The topological polar surface area (TPSA) is 174 Å². The van der Waals surface area contributed by atoms with E-state index in [1.54, 1.807) is 0 Å². The summed E-state index contributed by atoms with van der Waals surface area (Å²) >= 11 is 2.44. The number of thioether (sulfide) groups is 1. The molecule has 1 aliphatic carbocycles. The summed E-state index contributed by atoms with van der Waals surface area (Å²) in [6, 6.07) is -0.970. The van der Waals surface area contributed by atoms with Crippen LogP contribution in [0, 0.1) is 5.92 Å². The molecule has 0 spiro atoms. The van der Waals surface area contributed by atoms with Gasteiger partial charge in [0.1, 0.15) is 22.8 Å². The van der Waals surface area contributed by atoms with Crippen LogP contribution < -0.4 is 11.1 Å². The van der Waals surface area contributed by atoms with Crippen molar-refractivity contribution in [2.75, 3.05) is 11.5 Å². The number of thiazole rings is 1. The van der Waals surface area contributed by atoms with Crippen LogP contribution in [0.5, 0.6) is 0 Å². The minimum atomic E-state index is -1.14. The first-order valence-corrected chi connectivity index (χ1v) is 12.6. The lowest BCUT2D eigenvalue weighted by Crippen LogP contribution is -2.71. The Morgan fingerprint density at radius 1 is 1.37 bits per heavy atom. The molecule has 0 aromatic carbocycles. The van der Waals surface area contributed by atoms with E-state index >= 15 is 0 Å². The lowest BCUT2D eigenvalue weighted by Gasteiger charge is -2.49. The zero-order valence-corrected chi connectivity index (χ0v) is 20.4. The number of nitrogens with two attached hydrogens (primary N) is 1. The highest BCUT2D eigenvalue weighted by molar-refractivity contribution is 8.00. The SMILES string of the molecule is CC(=O)OC(C)OC(=O)C1=C(/C=C\C2CC2)CS[C@@H]2[C@H](NC(=O)/C(=N\O)c3csc(N)n3)C(=O)N12. The zero-order chi connectivity index (χ0) is 25.3. The van der Waals surface area contributed by atoms with Crippen LogP contribution in [0.3, 0.4) is 0 Å². The first kappa shape index (κ1) is 24.7. The molecule has 1 unspecified atom stereocenters. The molecular weight excluding hydrogens is 498 g/mol. The van der Waals surface area contributed by atoms with Crippen molar-refractivity contribution >= 4 is 57.7 Å². The smallest absolute Gasteiger partial charge is 0.358 e. The number of rotatable bonds is 8. The van der Waals surface area contributed by atoms with Gasteiger partial charge in [0.25, 0.3) is 11.8 Å². The molecule has 2 fully saturated rings. The normalized spacial score (nSPS) is 23.0. The van der Waals surface area contributed by atoms with Crippen LogP contribution in [0.15, 0.2) is 34.0 Å². The van der Waals surface area contributed by atoms with E-state index in [9.17, 15) is 24.4 Å². The molecule has 1 saturated carbocycles. The van der Waals surface area contributed by atoms with Crippen molar-refractivity contribution in [1.29, 1.82) is 0 Å². The summed E-state index contributed by atoms with van der Waals surface area (Å²) in [5.41, 5.74) is 5.91. The van der Waals surface area contributed by atoms with Crippen molar-refractivity contribution in [2.45, 2.75) is 44.4 Å². The van der Waals surface area contributed by atoms with Crippen LogP contribution in [0.1, 0.15) is 32.4 Å². The summed E-state index contributed by atoms with van der Waals surface area (Å²) in [4.78, 5) is 55.1. The highest BCUT2D eigenvalue weighted by atomic mass is 32.2. The van der Waals surface area contributed by atoms with E-state index in [1.807, 2.05) is 12.2 Å². The molecule has 3 atom stereocenters. The number of esters is 2. The van der Waals surface area contributed by atoms with Crippen molar-refractivity contribution < 1.29 is 33.9 Å². The first-order valence-electron chi connectivity index (χ1n) is 10.7. The Bertz CT molecular complexity index is 1160. The fourth-order valence-corrected chi connectivity index (χ4v) is 5.45. The van der Waals surface area contributed by atoms with Gasteiger partial charge in [0.05, 0.1) is 0 Å². The van der Waals surface area contributed by atoms with Crippen LogP contribution in [0.4, 0.5) is 5.13 Å². The third-order valence-corrected chi connectivity index (χ3v) is 7.33. The number of β-lactam (4-membered cyclic amide) rings is 1. The van der Waals surface area contributed by atoms with E-state index < -0.39 is 41.5 Å². The van der Waals surface area contributed by atoms with Crippen molar-refractivity contribution in [3.05, 3.63) is 34.5 Å². The number of ether oxygens (including phenoxy) is 2. The standard InChI is InChI=1S/C21H23N5O7S2/c1-9(27)32-10(2)33-20(30)16-12(6-5-11-3-4-11)7-34-19-15(18(29)26(16)19)24-17(28)14(25-31)13-8-35-21(22)23-13/h5-6,8,10-11,15,19,31H,3-4,7H2,1-2H3,(H2,22,23)(H,24,28)/b6-5-,25-14-/t10?,15-,19-/m1/s1.